The predicted molar refractivity (Wildman–Crippen MR) is 84.6 cm³/mol. The summed E-state index contributed by atoms with van der Waals surface area (Å²) in [6.45, 7) is 1.70. The molecular weight excluding hydrogens is 280 g/mol. The normalized spacial score (nSPS) is 18.6. The van der Waals surface area contributed by atoms with Crippen molar-refractivity contribution >= 4 is 11.9 Å². The van der Waals surface area contributed by atoms with Crippen LogP contribution in [0, 0.1) is 0 Å². The van der Waals surface area contributed by atoms with Gasteiger partial charge in [-0.25, -0.2) is 0 Å². The smallest absolute Gasteiger partial charge is 0.320 e. The number of aliphatic carboxylic acids is 1. The number of carbonyl (C=O) groups is 2. The van der Waals surface area contributed by atoms with Crippen LogP contribution in [0.4, 0.5) is 0 Å². The standard InChI is InChI=1S/C17H24N2O3/c1-12(17(21)22)18(2)11-16(20)19(3)15-10-6-8-13-7-4-5-9-14(13)15/h4-5,7,9,12,15H,6,8,10-11H2,1-3H3,(H,21,22). The van der Waals surface area contributed by atoms with Crippen LogP contribution >= 0.6 is 0 Å². The molecule has 0 saturated carbocycles. The van der Waals surface area contributed by atoms with Crippen molar-refractivity contribution in [1.29, 1.82) is 0 Å². The minimum absolute atomic E-state index is 0.0442. The van der Waals surface area contributed by atoms with Gasteiger partial charge in [0.1, 0.15) is 6.04 Å². The average Bonchev–Trinajstić information content (AvgIpc) is 2.52. The monoisotopic (exact) mass is 304 g/mol. The van der Waals surface area contributed by atoms with Gasteiger partial charge in [0.15, 0.2) is 0 Å². The first-order chi connectivity index (χ1) is 10.4. The van der Waals surface area contributed by atoms with Crippen LogP contribution in [0.1, 0.15) is 36.9 Å². The molecule has 0 spiro atoms. The van der Waals surface area contributed by atoms with E-state index in [0.717, 1.165) is 19.3 Å². The van der Waals surface area contributed by atoms with Gasteiger partial charge in [-0.05, 0) is 44.4 Å². The third kappa shape index (κ3) is 3.47. The van der Waals surface area contributed by atoms with E-state index >= 15 is 0 Å². The highest BCUT2D eigenvalue weighted by Gasteiger charge is 2.28. The van der Waals surface area contributed by atoms with Gasteiger partial charge < -0.3 is 10.0 Å². The molecule has 0 fully saturated rings. The summed E-state index contributed by atoms with van der Waals surface area (Å²) in [4.78, 5) is 26.8. The molecule has 0 heterocycles. The fourth-order valence-electron chi connectivity index (χ4n) is 2.95. The van der Waals surface area contributed by atoms with Gasteiger partial charge >= 0.3 is 5.97 Å². The van der Waals surface area contributed by atoms with Crippen molar-refractivity contribution in [2.24, 2.45) is 0 Å². The zero-order valence-corrected chi connectivity index (χ0v) is 13.5. The Bertz CT molecular complexity index is 559. The summed E-state index contributed by atoms with van der Waals surface area (Å²) in [5.74, 6) is -0.960. The number of carboxylic acids is 1. The Morgan fingerprint density at radius 1 is 1.32 bits per heavy atom. The summed E-state index contributed by atoms with van der Waals surface area (Å²) < 4.78 is 0. The van der Waals surface area contributed by atoms with E-state index in [0.29, 0.717) is 0 Å². The van der Waals surface area contributed by atoms with Crippen molar-refractivity contribution in [3.05, 3.63) is 35.4 Å². The number of benzene rings is 1. The van der Waals surface area contributed by atoms with Crippen LogP contribution in [0.5, 0.6) is 0 Å². The summed E-state index contributed by atoms with van der Waals surface area (Å²) in [5.41, 5.74) is 2.53. The van der Waals surface area contributed by atoms with Crippen molar-refractivity contribution in [3.63, 3.8) is 0 Å². The number of aryl methyl sites for hydroxylation is 1. The number of fused-ring (bicyclic) bond motifs is 1. The maximum Gasteiger partial charge on any atom is 0.320 e. The lowest BCUT2D eigenvalue weighted by Gasteiger charge is -2.34. The Morgan fingerprint density at radius 3 is 2.68 bits per heavy atom. The third-order valence-electron chi connectivity index (χ3n) is 4.60. The molecule has 2 atom stereocenters. The summed E-state index contributed by atoms with van der Waals surface area (Å²) in [5, 5.41) is 9.02. The molecule has 120 valence electrons. The van der Waals surface area contributed by atoms with Crippen molar-refractivity contribution in [2.75, 3.05) is 20.6 Å². The summed E-state index contributed by atoms with van der Waals surface area (Å²) in [6.07, 6.45) is 3.09. The molecule has 2 unspecified atom stereocenters. The summed E-state index contributed by atoms with van der Waals surface area (Å²) >= 11 is 0. The van der Waals surface area contributed by atoms with Crippen molar-refractivity contribution in [3.8, 4) is 0 Å². The van der Waals surface area contributed by atoms with Gasteiger partial charge in [-0.1, -0.05) is 24.3 Å². The molecule has 5 nitrogen and oxygen atoms in total. The molecule has 0 bridgehead atoms. The highest BCUT2D eigenvalue weighted by molar-refractivity contribution is 5.80. The Morgan fingerprint density at radius 2 is 2.00 bits per heavy atom. The van der Waals surface area contributed by atoms with E-state index in [1.165, 1.54) is 11.1 Å². The lowest BCUT2D eigenvalue weighted by Crippen LogP contribution is -2.44. The van der Waals surface area contributed by atoms with Crippen LogP contribution in [0.3, 0.4) is 0 Å². The molecule has 1 amide bonds. The lowest BCUT2D eigenvalue weighted by atomic mass is 9.87. The van der Waals surface area contributed by atoms with Crippen LogP contribution in [0.2, 0.25) is 0 Å². The second-order valence-electron chi connectivity index (χ2n) is 6.04. The number of hydrogen-bond donors (Lipinski definition) is 1. The molecular formula is C17H24N2O3. The van der Waals surface area contributed by atoms with Crippen LogP contribution < -0.4 is 0 Å². The number of carbonyl (C=O) groups excluding carboxylic acids is 1. The zero-order valence-electron chi connectivity index (χ0n) is 13.5. The highest BCUT2D eigenvalue weighted by Crippen LogP contribution is 2.33. The molecule has 1 aromatic carbocycles. The lowest BCUT2D eigenvalue weighted by molar-refractivity contribution is -0.143. The van der Waals surface area contributed by atoms with Gasteiger partial charge in [0.25, 0.3) is 0 Å². The molecule has 0 aliphatic heterocycles. The second-order valence-corrected chi connectivity index (χ2v) is 6.04. The largest absolute Gasteiger partial charge is 0.480 e. The molecule has 22 heavy (non-hydrogen) atoms. The van der Waals surface area contributed by atoms with Crippen LogP contribution in [0.25, 0.3) is 0 Å². The van der Waals surface area contributed by atoms with E-state index in [1.54, 1.807) is 23.8 Å². The zero-order chi connectivity index (χ0) is 16.3. The first kappa shape index (κ1) is 16.5. The maximum absolute atomic E-state index is 12.5. The molecule has 5 heteroatoms. The Labute approximate surface area is 131 Å². The van der Waals surface area contributed by atoms with E-state index < -0.39 is 12.0 Å². The fraction of sp³-hybridized carbons (Fsp3) is 0.529. The van der Waals surface area contributed by atoms with Gasteiger partial charge in [-0.2, -0.15) is 0 Å². The predicted octanol–water partition coefficient (Wildman–Crippen LogP) is 1.93. The summed E-state index contributed by atoms with van der Waals surface area (Å²) in [6, 6.07) is 7.67. The van der Waals surface area contributed by atoms with Crippen molar-refractivity contribution in [1.82, 2.24) is 9.80 Å². The molecule has 0 aromatic heterocycles. The van der Waals surface area contributed by atoms with Gasteiger partial charge in [0.05, 0.1) is 12.6 Å². The third-order valence-corrected chi connectivity index (χ3v) is 4.60. The van der Waals surface area contributed by atoms with E-state index in [-0.39, 0.29) is 18.5 Å². The first-order valence-corrected chi connectivity index (χ1v) is 7.68. The number of rotatable bonds is 5. The minimum Gasteiger partial charge on any atom is -0.480 e. The Balaban J connectivity index is 2.07. The molecule has 1 aliphatic carbocycles. The maximum atomic E-state index is 12.5. The van der Waals surface area contributed by atoms with Gasteiger partial charge in [0, 0.05) is 7.05 Å². The van der Waals surface area contributed by atoms with Crippen LogP contribution in [-0.4, -0.2) is 53.5 Å². The second kappa shape index (κ2) is 6.92. The minimum atomic E-state index is -0.916. The Hall–Kier alpha value is -1.88. The molecule has 0 saturated heterocycles. The molecule has 0 radical (unpaired) electrons. The topological polar surface area (TPSA) is 60.9 Å². The number of likely N-dealkylation sites (N-methyl/N-ethyl adjacent to an activating group) is 2. The van der Waals surface area contributed by atoms with Crippen LogP contribution in [0.15, 0.2) is 24.3 Å². The Kier molecular flexibility index (Phi) is 5.19. The van der Waals surface area contributed by atoms with Gasteiger partial charge in [0.2, 0.25) is 5.91 Å². The van der Waals surface area contributed by atoms with Crippen molar-refractivity contribution in [2.45, 2.75) is 38.3 Å². The van der Waals surface area contributed by atoms with E-state index in [4.69, 9.17) is 5.11 Å². The van der Waals surface area contributed by atoms with E-state index in [9.17, 15) is 9.59 Å². The quantitative estimate of drug-likeness (QED) is 0.903. The number of nitrogens with zero attached hydrogens (tertiary/aromatic N) is 2. The van der Waals surface area contributed by atoms with E-state index in [1.807, 2.05) is 19.2 Å². The van der Waals surface area contributed by atoms with E-state index in [2.05, 4.69) is 12.1 Å². The SMILES string of the molecule is CC(C(=O)O)N(C)CC(=O)N(C)C1CCCc2ccccc21. The van der Waals surface area contributed by atoms with Crippen LogP contribution in [-0.2, 0) is 16.0 Å². The molecule has 1 aromatic rings. The van der Waals surface area contributed by atoms with Crippen molar-refractivity contribution < 1.29 is 14.7 Å². The fourth-order valence-corrected chi connectivity index (χ4v) is 2.95. The summed E-state index contributed by atoms with van der Waals surface area (Å²) in [7, 11) is 3.48. The molecule has 1 aliphatic rings. The highest BCUT2D eigenvalue weighted by atomic mass is 16.4. The van der Waals surface area contributed by atoms with Gasteiger partial charge in [-0.15, -0.1) is 0 Å². The number of amides is 1. The number of carboxylic acid groups (broad SMARTS) is 1. The van der Waals surface area contributed by atoms with Gasteiger partial charge in [-0.3, -0.25) is 14.5 Å². The average molecular weight is 304 g/mol. The number of hydrogen-bond acceptors (Lipinski definition) is 3. The molecule has 2 rings (SSSR count). The molecule has 1 N–H and O–H groups in total. The first-order valence-electron chi connectivity index (χ1n) is 7.68.